The van der Waals surface area contributed by atoms with Crippen molar-refractivity contribution < 1.29 is 9.21 Å². The molecule has 1 saturated heterocycles. The van der Waals surface area contributed by atoms with Crippen LogP contribution in [0, 0.1) is 19.8 Å². The Morgan fingerprint density at radius 3 is 2.67 bits per heavy atom. The first kappa shape index (κ1) is 16.7. The molecule has 1 atom stereocenters. The minimum absolute atomic E-state index is 0.0258. The topological polar surface area (TPSA) is 78.3 Å². The van der Waals surface area contributed by atoms with Crippen LogP contribution in [-0.4, -0.2) is 57.1 Å². The Labute approximate surface area is 142 Å². The maximum atomic E-state index is 12.7. The summed E-state index contributed by atoms with van der Waals surface area (Å²) in [7, 11) is 0. The number of carbonyl (C=O) groups is 1. The van der Waals surface area contributed by atoms with Crippen LogP contribution in [0.5, 0.6) is 0 Å². The molecule has 7 nitrogen and oxygen atoms in total. The average Bonchev–Trinajstić information content (AvgIpc) is 3.20. The molecule has 0 aromatic carbocycles. The minimum Gasteiger partial charge on any atom is -0.451 e. The highest BCUT2D eigenvalue weighted by Crippen LogP contribution is 2.18. The maximum absolute atomic E-state index is 12.7. The van der Waals surface area contributed by atoms with E-state index in [-0.39, 0.29) is 11.8 Å². The molecule has 1 aliphatic rings. The quantitative estimate of drug-likeness (QED) is 0.899. The van der Waals surface area contributed by atoms with Crippen LogP contribution in [0.2, 0.25) is 0 Å². The molecule has 1 fully saturated rings. The van der Waals surface area contributed by atoms with Gasteiger partial charge in [-0.3, -0.25) is 14.8 Å². The van der Waals surface area contributed by atoms with Crippen LogP contribution in [0.15, 0.2) is 17.1 Å². The van der Waals surface area contributed by atoms with Crippen LogP contribution in [-0.2, 0) is 17.8 Å². The third-order valence-electron chi connectivity index (χ3n) is 4.77. The monoisotopic (exact) mass is 331 g/mol. The Morgan fingerprint density at radius 1 is 1.33 bits per heavy atom. The van der Waals surface area contributed by atoms with Gasteiger partial charge in [0.15, 0.2) is 6.39 Å². The second-order valence-corrected chi connectivity index (χ2v) is 6.60. The molecule has 3 rings (SSSR count). The van der Waals surface area contributed by atoms with Crippen LogP contribution in [0.1, 0.15) is 29.6 Å². The van der Waals surface area contributed by atoms with Crippen LogP contribution >= 0.6 is 0 Å². The van der Waals surface area contributed by atoms with E-state index in [2.05, 4.69) is 20.1 Å². The zero-order valence-corrected chi connectivity index (χ0v) is 14.6. The number of carbonyl (C=O) groups excluding carboxylic acids is 1. The second kappa shape index (κ2) is 7.17. The van der Waals surface area contributed by atoms with Crippen molar-refractivity contribution in [2.45, 2.75) is 33.7 Å². The highest BCUT2D eigenvalue weighted by molar-refractivity contribution is 5.79. The van der Waals surface area contributed by atoms with Gasteiger partial charge in [0.1, 0.15) is 6.26 Å². The van der Waals surface area contributed by atoms with Crippen molar-refractivity contribution in [2.24, 2.45) is 5.92 Å². The second-order valence-electron chi connectivity index (χ2n) is 6.60. The van der Waals surface area contributed by atoms with Crippen molar-refractivity contribution in [2.75, 3.05) is 26.2 Å². The average molecular weight is 331 g/mol. The lowest BCUT2D eigenvalue weighted by Gasteiger charge is -2.35. The molecule has 0 spiro atoms. The number of aromatic nitrogens is 3. The van der Waals surface area contributed by atoms with Crippen LogP contribution < -0.4 is 0 Å². The number of H-pyrrole nitrogens is 1. The van der Waals surface area contributed by atoms with E-state index in [4.69, 9.17) is 4.42 Å². The lowest BCUT2D eigenvalue weighted by molar-refractivity contribution is -0.136. The Balaban J connectivity index is 1.51. The van der Waals surface area contributed by atoms with E-state index in [1.807, 2.05) is 25.7 Å². The van der Waals surface area contributed by atoms with Crippen LogP contribution in [0.25, 0.3) is 0 Å². The molecule has 0 radical (unpaired) electrons. The lowest BCUT2D eigenvalue weighted by Crippen LogP contribution is -2.49. The summed E-state index contributed by atoms with van der Waals surface area (Å²) in [6, 6.07) is 0. The molecule has 24 heavy (non-hydrogen) atoms. The van der Waals surface area contributed by atoms with Gasteiger partial charge in [0.25, 0.3) is 0 Å². The van der Waals surface area contributed by atoms with Crippen molar-refractivity contribution in [3.63, 3.8) is 0 Å². The number of amides is 1. The SMILES string of the molecule is Cc1n[nH]c(C)c1CC(C)C(=O)N1CCN(Cc2cocn2)CC1. The van der Waals surface area contributed by atoms with E-state index < -0.39 is 0 Å². The molecule has 3 heterocycles. The van der Waals surface area contributed by atoms with Gasteiger partial charge in [-0.1, -0.05) is 6.92 Å². The van der Waals surface area contributed by atoms with Crippen molar-refractivity contribution in [1.82, 2.24) is 25.0 Å². The molecule has 1 aliphatic heterocycles. The summed E-state index contributed by atoms with van der Waals surface area (Å²) in [5, 5.41) is 7.21. The number of aryl methyl sites for hydroxylation is 2. The molecule has 130 valence electrons. The molecule has 1 N–H and O–H groups in total. The van der Waals surface area contributed by atoms with Crippen molar-refractivity contribution >= 4 is 5.91 Å². The summed E-state index contributed by atoms with van der Waals surface area (Å²) in [5.41, 5.74) is 4.16. The summed E-state index contributed by atoms with van der Waals surface area (Å²) in [5.74, 6) is 0.207. The lowest BCUT2D eigenvalue weighted by atomic mass is 9.98. The molecule has 1 amide bonds. The summed E-state index contributed by atoms with van der Waals surface area (Å²) >= 11 is 0. The van der Waals surface area contributed by atoms with E-state index in [1.54, 1.807) is 6.26 Å². The Morgan fingerprint density at radius 2 is 2.08 bits per heavy atom. The molecule has 7 heteroatoms. The summed E-state index contributed by atoms with van der Waals surface area (Å²) in [6.45, 7) is 10.1. The van der Waals surface area contributed by atoms with Gasteiger partial charge in [0.2, 0.25) is 5.91 Å². The first-order valence-corrected chi connectivity index (χ1v) is 8.43. The zero-order valence-electron chi connectivity index (χ0n) is 14.6. The third-order valence-corrected chi connectivity index (χ3v) is 4.77. The normalized spacial score (nSPS) is 17.2. The number of hydrogen-bond acceptors (Lipinski definition) is 5. The number of nitrogens with zero attached hydrogens (tertiary/aromatic N) is 4. The molecule has 2 aromatic rings. The first-order chi connectivity index (χ1) is 11.5. The van der Waals surface area contributed by atoms with Gasteiger partial charge >= 0.3 is 0 Å². The molecular weight excluding hydrogens is 306 g/mol. The fourth-order valence-corrected chi connectivity index (χ4v) is 3.25. The molecule has 0 bridgehead atoms. The van der Waals surface area contributed by atoms with Crippen molar-refractivity contribution in [1.29, 1.82) is 0 Å². The predicted octanol–water partition coefficient (Wildman–Crippen LogP) is 1.54. The summed E-state index contributed by atoms with van der Waals surface area (Å²) in [6.07, 6.45) is 3.87. The van der Waals surface area contributed by atoms with E-state index in [0.29, 0.717) is 0 Å². The largest absolute Gasteiger partial charge is 0.451 e. The Kier molecular flexibility index (Phi) is 4.99. The summed E-state index contributed by atoms with van der Waals surface area (Å²) in [4.78, 5) is 21.2. The summed E-state index contributed by atoms with van der Waals surface area (Å²) < 4.78 is 5.01. The number of piperazine rings is 1. The standard InChI is InChI=1S/C17H25N5O2/c1-12(8-16-13(2)19-20-14(16)3)17(23)22-6-4-21(5-7-22)9-15-10-24-11-18-15/h10-12H,4-9H2,1-3H3,(H,19,20). The van der Waals surface area contributed by atoms with E-state index in [9.17, 15) is 4.79 Å². The van der Waals surface area contributed by atoms with Gasteiger partial charge in [-0.2, -0.15) is 5.10 Å². The van der Waals surface area contributed by atoms with E-state index in [0.717, 1.165) is 56.2 Å². The predicted molar refractivity (Wildman–Crippen MR) is 89.3 cm³/mol. The fourth-order valence-electron chi connectivity index (χ4n) is 3.25. The van der Waals surface area contributed by atoms with Crippen LogP contribution in [0.4, 0.5) is 0 Å². The Hall–Kier alpha value is -2.15. The van der Waals surface area contributed by atoms with E-state index in [1.165, 1.54) is 12.0 Å². The molecule has 1 unspecified atom stereocenters. The maximum Gasteiger partial charge on any atom is 0.225 e. The van der Waals surface area contributed by atoms with Crippen molar-refractivity contribution in [3.05, 3.63) is 35.3 Å². The van der Waals surface area contributed by atoms with Gasteiger partial charge in [0.05, 0.1) is 11.4 Å². The minimum atomic E-state index is -0.0258. The number of oxazole rings is 1. The third kappa shape index (κ3) is 3.67. The fraction of sp³-hybridized carbons (Fsp3) is 0.588. The highest BCUT2D eigenvalue weighted by atomic mass is 16.3. The number of rotatable bonds is 5. The van der Waals surface area contributed by atoms with Gasteiger partial charge in [0, 0.05) is 44.3 Å². The first-order valence-electron chi connectivity index (χ1n) is 8.43. The smallest absolute Gasteiger partial charge is 0.225 e. The van der Waals surface area contributed by atoms with Gasteiger partial charge < -0.3 is 9.32 Å². The molecular formula is C17H25N5O2. The Bertz CT molecular complexity index is 652. The van der Waals surface area contributed by atoms with E-state index >= 15 is 0 Å². The molecule has 2 aromatic heterocycles. The number of aromatic amines is 1. The zero-order chi connectivity index (χ0) is 17.1. The van der Waals surface area contributed by atoms with Gasteiger partial charge in [-0.05, 0) is 25.8 Å². The number of hydrogen-bond donors (Lipinski definition) is 1. The van der Waals surface area contributed by atoms with Gasteiger partial charge in [-0.15, -0.1) is 0 Å². The van der Waals surface area contributed by atoms with Crippen molar-refractivity contribution in [3.8, 4) is 0 Å². The van der Waals surface area contributed by atoms with Gasteiger partial charge in [-0.25, -0.2) is 4.98 Å². The van der Waals surface area contributed by atoms with Crippen LogP contribution in [0.3, 0.4) is 0 Å². The number of nitrogens with one attached hydrogen (secondary N) is 1. The molecule has 0 saturated carbocycles. The highest BCUT2D eigenvalue weighted by Gasteiger charge is 2.26. The molecule has 0 aliphatic carbocycles.